The van der Waals surface area contributed by atoms with Crippen molar-refractivity contribution in [1.82, 2.24) is 20.0 Å². The predicted octanol–water partition coefficient (Wildman–Crippen LogP) is 1.92. The van der Waals surface area contributed by atoms with Gasteiger partial charge in [-0.05, 0) is 31.1 Å². The van der Waals surface area contributed by atoms with Crippen LogP contribution in [0.4, 0.5) is 13.2 Å². The van der Waals surface area contributed by atoms with Gasteiger partial charge in [0.15, 0.2) is 0 Å². The third-order valence-corrected chi connectivity index (χ3v) is 5.32. The van der Waals surface area contributed by atoms with Crippen LogP contribution in [0.25, 0.3) is 0 Å². The highest BCUT2D eigenvalue weighted by molar-refractivity contribution is 5.77. The Balaban J connectivity index is 1.44. The predicted molar refractivity (Wildman–Crippen MR) is 75.5 cm³/mol. The summed E-state index contributed by atoms with van der Waals surface area (Å²) in [5.41, 5.74) is 0. The van der Waals surface area contributed by atoms with E-state index in [-0.39, 0.29) is 24.4 Å². The number of likely N-dealkylation sites (tertiary alicyclic amines) is 1. The summed E-state index contributed by atoms with van der Waals surface area (Å²) in [6, 6.07) is 0.277. The van der Waals surface area contributed by atoms with E-state index in [1.54, 1.807) is 0 Å². The van der Waals surface area contributed by atoms with E-state index in [0.29, 0.717) is 18.3 Å². The van der Waals surface area contributed by atoms with Gasteiger partial charge in [0.05, 0.1) is 6.54 Å². The molecule has 132 valence electrons. The smallest absolute Gasteiger partial charge is 0.416 e. The SMILES string of the molecule is O=C1CCC[C@H]2[C@H]3C[C@@H](CN(Cc4nnc(C(F)(F)F)o4)C3)CN12. The largest absolute Gasteiger partial charge is 0.470 e. The van der Waals surface area contributed by atoms with Crippen molar-refractivity contribution >= 4 is 5.91 Å². The molecule has 24 heavy (non-hydrogen) atoms. The van der Waals surface area contributed by atoms with Crippen molar-refractivity contribution in [2.45, 2.75) is 44.4 Å². The van der Waals surface area contributed by atoms with Crippen molar-refractivity contribution in [2.75, 3.05) is 19.6 Å². The zero-order valence-electron chi connectivity index (χ0n) is 13.1. The molecule has 4 rings (SSSR count). The highest BCUT2D eigenvalue weighted by atomic mass is 19.4. The van der Waals surface area contributed by atoms with E-state index in [4.69, 9.17) is 4.42 Å². The molecule has 2 bridgehead atoms. The second kappa shape index (κ2) is 5.72. The summed E-state index contributed by atoms with van der Waals surface area (Å²) < 4.78 is 42.4. The molecule has 0 radical (unpaired) electrons. The topological polar surface area (TPSA) is 62.5 Å². The number of halogens is 3. The van der Waals surface area contributed by atoms with E-state index in [9.17, 15) is 18.0 Å². The van der Waals surface area contributed by atoms with Crippen LogP contribution < -0.4 is 0 Å². The highest BCUT2D eigenvalue weighted by Gasteiger charge is 2.44. The summed E-state index contributed by atoms with van der Waals surface area (Å²) in [5.74, 6) is -0.294. The molecule has 3 atom stereocenters. The molecular formula is C15H19F3N4O2. The van der Waals surface area contributed by atoms with Crippen LogP contribution in [0.3, 0.4) is 0 Å². The van der Waals surface area contributed by atoms with Gasteiger partial charge in [0.25, 0.3) is 0 Å². The van der Waals surface area contributed by atoms with Gasteiger partial charge < -0.3 is 9.32 Å². The Bertz CT molecular complexity index is 632. The van der Waals surface area contributed by atoms with Crippen LogP contribution >= 0.6 is 0 Å². The van der Waals surface area contributed by atoms with Gasteiger partial charge in [0.2, 0.25) is 11.8 Å². The van der Waals surface area contributed by atoms with Crippen LogP contribution in [0, 0.1) is 11.8 Å². The van der Waals surface area contributed by atoms with Crippen LogP contribution in [0.5, 0.6) is 0 Å². The number of rotatable bonds is 2. The summed E-state index contributed by atoms with van der Waals surface area (Å²) in [4.78, 5) is 16.2. The molecule has 0 saturated carbocycles. The van der Waals surface area contributed by atoms with Crippen molar-refractivity contribution in [2.24, 2.45) is 11.8 Å². The Hall–Kier alpha value is -1.64. The van der Waals surface area contributed by atoms with E-state index in [1.807, 2.05) is 4.90 Å². The fourth-order valence-electron chi connectivity index (χ4n) is 4.46. The van der Waals surface area contributed by atoms with Crippen LogP contribution in [-0.4, -0.2) is 51.6 Å². The number of fused-ring (bicyclic) bond motifs is 4. The molecule has 0 N–H and O–H groups in total. The quantitative estimate of drug-likeness (QED) is 0.820. The Morgan fingerprint density at radius 2 is 2.04 bits per heavy atom. The van der Waals surface area contributed by atoms with Gasteiger partial charge in [0, 0.05) is 32.1 Å². The number of carbonyl (C=O) groups excluding carboxylic acids is 1. The number of hydrogen-bond acceptors (Lipinski definition) is 5. The number of nitrogens with zero attached hydrogens (tertiary/aromatic N) is 4. The Morgan fingerprint density at radius 1 is 1.21 bits per heavy atom. The lowest BCUT2D eigenvalue weighted by Gasteiger charge is -2.52. The van der Waals surface area contributed by atoms with Gasteiger partial charge >= 0.3 is 12.1 Å². The lowest BCUT2D eigenvalue weighted by molar-refractivity contribution is -0.157. The van der Waals surface area contributed by atoms with Crippen LogP contribution in [0.1, 0.15) is 37.5 Å². The normalized spacial score (nSPS) is 31.2. The minimum Gasteiger partial charge on any atom is -0.416 e. The second-order valence-corrected chi connectivity index (χ2v) is 7.06. The van der Waals surface area contributed by atoms with Gasteiger partial charge in [-0.1, -0.05) is 0 Å². The van der Waals surface area contributed by atoms with Crippen LogP contribution in [0.15, 0.2) is 4.42 Å². The maximum atomic E-state index is 12.5. The number of aromatic nitrogens is 2. The highest BCUT2D eigenvalue weighted by Crippen LogP contribution is 2.38. The zero-order chi connectivity index (χ0) is 16.9. The summed E-state index contributed by atoms with van der Waals surface area (Å²) in [5, 5.41) is 6.60. The van der Waals surface area contributed by atoms with E-state index < -0.39 is 12.1 Å². The molecule has 1 aromatic heterocycles. The van der Waals surface area contributed by atoms with Crippen molar-refractivity contribution in [3.05, 3.63) is 11.8 Å². The first-order chi connectivity index (χ1) is 11.4. The number of hydrogen-bond donors (Lipinski definition) is 0. The number of piperidine rings is 3. The molecule has 3 aliphatic heterocycles. The van der Waals surface area contributed by atoms with E-state index in [2.05, 4.69) is 15.1 Å². The molecule has 4 heterocycles. The number of alkyl halides is 3. The fourth-order valence-corrected chi connectivity index (χ4v) is 4.46. The van der Waals surface area contributed by atoms with E-state index in [0.717, 1.165) is 38.9 Å². The minimum atomic E-state index is -4.60. The average molecular weight is 344 g/mol. The third-order valence-electron chi connectivity index (χ3n) is 5.32. The van der Waals surface area contributed by atoms with E-state index >= 15 is 0 Å². The molecule has 0 spiro atoms. The standard InChI is InChI=1S/C15H19F3N4O2/c16-15(17,18)14-20-19-12(24-14)8-21-5-9-4-10(7-21)11-2-1-3-13(23)22(11)6-9/h9-11H,1-8H2/t9-,10-,11-/m0/s1. The van der Waals surface area contributed by atoms with Crippen molar-refractivity contribution < 1.29 is 22.4 Å². The Labute approximate surface area is 137 Å². The first kappa shape index (κ1) is 15.9. The van der Waals surface area contributed by atoms with Gasteiger partial charge in [-0.25, -0.2) is 0 Å². The molecule has 3 aliphatic rings. The molecule has 3 saturated heterocycles. The summed E-state index contributed by atoms with van der Waals surface area (Å²) in [6.07, 6.45) is -0.924. The van der Waals surface area contributed by atoms with Crippen molar-refractivity contribution in [3.8, 4) is 0 Å². The first-order valence-electron chi connectivity index (χ1n) is 8.31. The average Bonchev–Trinajstić information content (AvgIpc) is 2.97. The molecule has 1 amide bonds. The molecule has 6 nitrogen and oxygen atoms in total. The second-order valence-electron chi connectivity index (χ2n) is 7.06. The summed E-state index contributed by atoms with van der Waals surface area (Å²) in [6.45, 7) is 2.50. The summed E-state index contributed by atoms with van der Waals surface area (Å²) in [7, 11) is 0. The van der Waals surface area contributed by atoms with Crippen LogP contribution in [0.2, 0.25) is 0 Å². The maximum absolute atomic E-state index is 12.5. The first-order valence-corrected chi connectivity index (χ1v) is 8.31. The lowest BCUT2D eigenvalue weighted by atomic mass is 9.76. The monoisotopic (exact) mass is 344 g/mol. The van der Waals surface area contributed by atoms with Gasteiger partial charge in [0.1, 0.15) is 0 Å². The molecule has 0 aromatic carbocycles. The van der Waals surface area contributed by atoms with Crippen molar-refractivity contribution in [3.63, 3.8) is 0 Å². The number of amides is 1. The molecule has 0 aliphatic carbocycles. The van der Waals surface area contributed by atoms with Gasteiger partial charge in [-0.3, -0.25) is 9.69 Å². The molecule has 9 heteroatoms. The van der Waals surface area contributed by atoms with Gasteiger partial charge in [-0.2, -0.15) is 13.2 Å². The zero-order valence-corrected chi connectivity index (χ0v) is 13.1. The Kier molecular flexibility index (Phi) is 3.78. The van der Waals surface area contributed by atoms with Crippen molar-refractivity contribution in [1.29, 1.82) is 0 Å². The minimum absolute atomic E-state index is 0.00104. The van der Waals surface area contributed by atoms with Crippen LogP contribution in [-0.2, 0) is 17.5 Å². The maximum Gasteiger partial charge on any atom is 0.470 e. The number of carbonyl (C=O) groups is 1. The van der Waals surface area contributed by atoms with E-state index in [1.165, 1.54) is 0 Å². The molecule has 1 aromatic rings. The molecule has 3 fully saturated rings. The fraction of sp³-hybridized carbons (Fsp3) is 0.800. The Morgan fingerprint density at radius 3 is 2.79 bits per heavy atom. The molecular weight excluding hydrogens is 325 g/mol. The third kappa shape index (κ3) is 2.89. The molecule has 0 unspecified atom stereocenters. The van der Waals surface area contributed by atoms with Gasteiger partial charge in [-0.15, -0.1) is 10.2 Å². The summed E-state index contributed by atoms with van der Waals surface area (Å²) >= 11 is 0. The lowest BCUT2D eigenvalue weighted by Crippen LogP contribution is -2.60.